The van der Waals surface area contributed by atoms with Crippen LogP contribution < -0.4 is 9.80 Å². The average molecular weight is 804 g/mol. The first-order chi connectivity index (χ1) is 29.7. The molecule has 0 saturated carbocycles. The molecule has 0 N–H and O–H groups in total. The predicted molar refractivity (Wildman–Crippen MR) is 262 cm³/mol. The van der Waals surface area contributed by atoms with Crippen molar-refractivity contribution in [1.29, 1.82) is 5.26 Å². The molecule has 0 radical (unpaired) electrons. The minimum Gasteiger partial charge on any atom is -0.310 e. The molecule has 2 aliphatic rings. The van der Waals surface area contributed by atoms with Gasteiger partial charge in [-0.3, -0.25) is 0 Å². The zero-order valence-corrected chi connectivity index (χ0v) is 37.6. The van der Waals surface area contributed by atoms with Gasteiger partial charge in [0.1, 0.15) is 0 Å². The second-order valence-corrected chi connectivity index (χ2v) is 19.0. The Balaban J connectivity index is 1.15. The molecule has 0 amide bonds. The maximum atomic E-state index is 9.61. The number of rotatable bonds is 6. The number of nitrogens with zero attached hydrogens (tertiary/aromatic N) is 3. The van der Waals surface area contributed by atoms with E-state index in [1.54, 1.807) is 0 Å². The van der Waals surface area contributed by atoms with E-state index in [2.05, 4.69) is 213 Å². The first kappa shape index (κ1) is 39.3. The second kappa shape index (κ2) is 14.1. The fourth-order valence-electron chi connectivity index (χ4n) is 10.8. The lowest BCUT2D eigenvalue weighted by Gasteiger charge is -2.32. The van der Waals surface area contributed by atoms with Crippen molar-refractivity contribution in [2.24, 2.45) is 0 Å². The molecule has 8 aromatic rings. The Hall–Kier alpha value is -6.89. The van der Waals surface area contributed by atoms with Gasteiger partial charge >= 0.3 is 0 Å². The van der Waals surface area contributed by atoms with Gasteiger partial charge in [-0.05, 0) is 181 Å². The smallest absolute Gasteiger partial charge is 0.0991 e. The van der Waals surface area contributed by atoms with Crippen molar-refractivity contribution in [1.82, 2.24) is 0 Å². The molecule has 3 nitrogen and oxygen atoms in total. The maximum Gasteiger partial charge on any atom is 0.0991 e. The van der Waals surface area contributed by atoms with Gasteiger partial charge in [-0.15, -0.1) is 0 Å². The molecule has 304 valence electrons. The zero-order chi connectivity index (χ0) is 43.4. The highest BCUT2D eigenvalue weighted by molar-refractivity contribution is 6.11. The normalized spacial score (nSPS) is 13.9. The van der Waals surface area contributed by atoms with Gasteiger partial charge in [0, 0.05) is 44.7 Å². The van der Waals surface area contributed by atoms with E-state index in [1.807, 2.05) is 12.1 Å². The van der Waals surface area contributed by atoms with Gasteiger partial charge in [-0.2, -0.15) is 5.26 Å². The molecule has 0 bridgehead atoms. The molecule has 62 heavy (non-hydrogen) atoms. The molecule has 8 aromatic carbocycles. The summed E-state index contributed by atoms with van der Waals surface area (Å²) in [7, 11) is 0. The summed E-state index contributed by atoms with van der Waals surface area (Å²) < 4.78 is 0. The summed E-state index contributed by atoms with van der Waals surface area (Å²) in [5, 5.41) is 12.1. The Kier molecular flexibility index (Phi) is 8.92. The topological polar surface area (TPSA) is 30.3 Å². The predicted octanol–water partition coefficient (Wildman–Crippen LogP) is 16.1. The van der Waals surface area contributed by atoms with Crippen LogP contribution in [0.4, 0.5) is 34.1 Å². The number of nitriles is 1. The number of anilines is 6. The van der Waals surface area contributed by atoms with Crippen LogP contribution in [0.2, 0.25) is 0 Å². The Morgan fingerprint density at radius 1 is 0.403 bits per heavy atom. The number of aryl methyl sites for hydroxylation is 6. The molecular weight excluding hydrogens is 751 g/mol. The second-order valence-electron chi connectivity index (χ2n) is 19.0. The summed E-state index contributed by atoms with van der Waals surface area (Å²) in [6.07, 6.45) is 0. The fraction of sp³-hybridized carbons (Fsp3) is 0.203. The van der Waals surface area contributed by atoms with E-state index in [0.717, 1.165) is 17.1 Å². The van der Waals surface area contributed by atoms with E-state index in [9.17, 15) is 5.26 Å². The maximum absolute atomic E-state index is 9.61. The third-order valence-corrected chi connectivity index (χ3v) is 14.0. The van der Waals surface area contributed by atoms with E-state index in [0.29, 0.717) is 5.56 Å². The third-order valence-electron chi connectivity index (χ3n) is 14.0. The Labute approximate surface area is 367 Å². The van der Waals surface area contributed by atoms with Crippen LogP contribution in [0, 0.1) is 52.9 Å². The van der Waals surface area contributed by atoms with E-state index >= 15 is 0 Å². The molecule has 3 heteroatoms. The van der Waals surface area contributed by atoms with Crippen LogP contribution in [0.3, 0.4) is 0 Å². The summed E-state index contributed by atoms with van der Waals surface area (Å²) in [4.78, 5) is 4.86. The van der Waals surface area contributed by atoms with Gasteiger partial charge in [0.2, 0.25) is 0 Å². The monoisotopic (exact) mass is 803 g/mol. The molecule has 0 aliphatic heterocycles. The van der Waals surface area contributed by atoms with Gasteiger partial charge in [0.05, 0.1) is 17.3 Å². The Morgan fingerprint density at radius 2 is 0.887 bits per heavy atom. The van der Waals surface area contributed by atoms with Crippen LogP contribution in [0.5, 0.6) is 0 Å². The quantitative estimate of drug-likeness (QED) is 0.168. The number of hydrogen-bond acceptors (Lipinski definition) is 3. The lowest BCUT2D eigenvalue weighted by Crippen LogP contribution is -2.18. The molecule has 0 aromatic heterocycles. The van der Waals surface area contributed by atoms with Crippen molar-refractivity contribution in [3.63, 3.8) is 0 Å². The summed E-state index contributed by atoms with van der Waals surface area (Å²) in [5.74, 6) is 0. The van der Waals surface area contributed by atoms with Gasteiger partial charge in [-0.25, -0.2) is 0 Å². The first-order valence-corrected chi connectivity index (χ1v) is 21.9. The molecule has 0 saturated heterocycles. The van der Waals surface area contributed by atoms with Gasteiger partial charge in [0.15, 0.2) is 0 Å². The van der Waals surface area contributed by atoms with Crippen LogP contribution in [0.15, 0.2) is 140 Å². The van der Waals surface area contributed by atoms with Crippen molar-refractivity contribution in [3.8, 4) is 28.3 Å². The van der Waals surface area contributed by atoms with Crippen LogP contribution in [-0.4, -0.2) is 0 Å². The van der Waals surface area contributed by atoms with E-state index in [4.69, 9.17) is 0 Å². The molecule has 10 rings (SSSR count). The van der Waals surface area contributed by atoms with Crippen LogP contribution in [0.25, 0.3) is 33.0 Å². The molecule has 0 atom stereocenters. The molecule has 0 spiro atoms. The SMILES string of the molecule is Cc1ccc(N(c2ccc(C#N)cc2)c2ccc3c(c2)C(C)(C)c2cc4c(cc2-3)C(C)(C)c2cc(N(c3ccc(C)cc3C)c3ccc(C)cc3C)c3ccccc3c2-4)c(C)c1. The van der Waals surface area contributed by atoms with Crippen LogP contribution >= 0.6 is 0 Å². The van der Waals surface area contributed by atoms with Gasteiger partial charge < -0.3 is 9.80 Å². The van der Waals surface area contributed by atoms with Crippen molar-refractivity contribution < 1.29 is 0 Å². The highest BCUT2D eigenvalue weighted by Gasteiger charge is 2.43. The summed E-state index contributed by atoms with van der Waals surface area (Å²) in [5.41, 5.74) is 25.3. The summed E-state index contributed by atoms with van der Waals surface area (Å²) >= 11 is 0. The van der Waals surface area contributed by atoms with Gasteiger partial charge in [-0.1, -0.05) is 111 Å². The summed E-state index contributed by atoms with van der Waals surface area (Å²) in [6, 6.07) is 54.3. The minimum absolute atomic E-state index is 0.250. The molecule has 0 unspecified atom stereocenters. The standard InChI is InChI=1S/C59H53N3/c1-35-15-24-53(38(4)27-35)61(42-20-18-41(34-60)19-21-42)43-22-23-44-47-31-51-48(32-50(47)58(7,8)49(44)30-43)57-46-14-12-11-13-45(46)56(33-52(57)59(51,9)10)62(54-25-16-36(2)28-39(54)5)55-26-17-37(3)29-40(55)6/h11-33H,1-10H3. The van der Waals surface area contributed by atoms with Gasteiger partial charge in [0.25, 0.3) is 0 Å². The average Bonchev–Trinajstić information content (AvgIpc) is 3.61. The van der Waals surface area contributed by atoms with Crippen molar-refractivity contribution in [2.75, 3.05) is 9.80 Å². The molecule has 0 fully saturated rings. The Bertz CT molecular complexity index is 3160. The zero-order valence-electron chi connectivity index (χ0n) is 37.6. The van der Waals surface area contributed by atoms with Crippen molar-refractivity contribution >= 4 is 44.9 Å². The highest BCUT2D eigenvalue weighted by Crippen LogP contribution is 2.59. The van der Waals surface area contributed by atoms with E-state index in [-0.39, 0.29) is 10.8 Å². The van der Waals surface area contributed by atoms with Crippen LogP contribution in [0.1, 0.15) is 88.9 Å². The van der Waals surface area contributed by atoms with E-state index in [1.165, 1.54) is 106 Å². The van der Waals surface area contributed by atoms with Crippen molar-refractivity contribution in [3.05, 3.63) is 201 Å². The third kappa shape index (κ3) is 5.92. The summed E-state index contributed by atoms with van der Waals surface area (Å²) in [6.45, 7) is 22.8. The number of hydrogen-bond donors (Lipinski definition) is 0. The number of benzene rings is 8. The Morgan fingerprint density at radius 3 is 1.45 bits per heavy atom. The minimum atomic E-state index is -0.253. The largest absolute Gasteiger partial charge is 0.310 e. The van der Waals surface area contributed by atoms with Crippen LogP contribution in [-0.2, 0) is 10.8 Å². The van der Waals surface area contributed by atoms with E-state index < -0.39 is 0 Å². The lowest BCUT2D eigenvalue weighted by atomic mass is 9.79. The first-order valence-electron chi connectivity index (χ1n) is 21.9. The molecule has 2 aliphatic carbocycles. The lowest BCUT2D eigenvalue weighted by molar-refractivity contribution is 0.652. The molecular formula is C59H53N3. The fourth-order valence-corrected chi connectivity index (χ4v) is 10.8. The highest BCUT2D eigenvalue weighted by atomic mass is 15.2. The molecule has 0 heterocycles. The van der Waals surface area contributed by atoms with Crippen molar-refractivity contribution in [2.45, 2.75) is 80.1 Å². The number of fused-ring (bicyclic) bond motifs is 8.